The quantitative estimate of drug-likeness (QED) is 0.697. The molecule has 5 nitrogen and oxygen atoms in total. The highest BCUT2D eigenvalue weighted by Crippen LogP contribution is 2.35. The molecular formula is C25H31ClN2O3. The SMILES string of the molecule is CC(C)(C)c1ccc(C(=O)N2CCCC(COc3ccc(Cl)cc3)(CC(N)=O)C2)cc1. The fourth-order valence-corrected chi connectivity index (χ4v) is 4.25. The van der Waals surface area contributed by atoms with Gasteiger partial charge in [0.2, 0.25) is 5.91 Å². The molecule has 166 valence electrons. The second kappa shape index (κ2) is 9.31. The number of hydrogen-bond acceptors (Lipinski definition) is 3. The third kappa shape index (κ3) is 6.01. The van der Waals surface area contributed by atoms with Crippen molar-refractivity contribution in [3.05, 3.63) is 64.7 Å². The van der Waals surface area contributed by atoms with Gasteiger partial charge in [-0.25, -0.2) is 0 Å². The van der Waals surface area contributed by atoms with Crippen molar-refractivity contribution in [2.24, 2.45) is 11.1 Å². The molecule has 1 aliphatic rings. The zero-order chi connectivity index (χ0) is 22.6. The molecule has 0 aliphatic carbocycles. The summed E-state index contributed by atoms with van der Waals surface area (Å²) in [6, 6.07) is 14.9. The van der Waals surface area contributed by atoms with Gasteiger partial charge in [-0.05, 0) is 60.2 Å². The van der Waals surface area contributed by atoms with Crippen LogP contribution in [0.15, 0.2) is 48.5 Å². The smallest absolute Gasteiger partial charge is 0.253 e. The van der Waals surface area contributed by atoms with Crippen LogP contribution >= 0.6 is 11.6 Å². The van der Waals surface area contributed by atoms with Crippen molar-refractivity contribution in [1.82, 2.24) is 4.90 Å². The number of carbonyl (C=O) groups is 2. The Balaban J connectivity index is 1.75. The normalized spacial score (nSPS) is 19.2. The van der Waals surface area contributed by atoms with E-state index in [1.54, 1.807) is 24.3 Å². The number of rotatable bonds is 6. The highest BCUT2D eigenvalue weighted by atomic mass is 35.5. The molecule has 2 amide bonds. The van der Waals surface area contributed by atoms with Gasteiger partial charge >= 0.3 is 0 Å². The molecule has 1 aliphatic heterocycles. The molecule has 1 atom stereocenters. The molecule has 0 spiro atoms. The fraction of sp³-hybridized carbons (Fsp3) is 0.440. The maximum absolute atomic E-state index is 13.2. The van der Waals surface area contributed by atoms with Crippen molar-refractivity contribution in [2.75, 3.05) is 19.7 Å². The average Bonchev–Trinajstić information content (AvgIpc) is 2.72. The Kier molecular flexibility index (Phi) is 6.95. The summed E-state index contributed by atoms with van der Waals surface area (Å²) in [6.07, 6.45) is 1.74. The molecule has 1 unspecified atom stereocenters. The second-order valence-corrected chi connectivity index (χ2v) is 9.98. The van der Waals surface area contributed by atoms with Crippen molar-refractivity contribution in [3.8, 4) is 5.75 Å². The Morgan fingerprint density at radius 1 is 1.10 bits per heavy atom. The van der Waals surface area contributed by atoms with Crippen molar-refractivity contribution < 1.29 is 14.3 Å². The van der Waals surface area contributed by atoms with Gasteiger partial charge in [0.05, 0.1) is 6.61 Å². The summed E-state index contributed by atoms with van der Waals surface area (Å²) >= 11 is 5.94. The van der Waals surface area contributed by atoms with Gasteiger partial charge in [0.25, 0.3) is 5.91 Å². The summed E-state index contributed by atoms with van der Waals surface area (Å²) in [7, 11) is 0. The third-order valence-electron chi connectivity index (χ3n) is 5.85. The largest absolute Gasteiger partial charge is 0.493 e. The highest BCUT2D eigenvalue weighted by molar-refractivity contribution is 6.30. The maximum Gasteiger partial charge on any atom is 0.253 e. The zero-order valence-electron chi connectivity index (χ0n) is 18.5. The average molecular weight is 443 g/mol. The molecule has 31 heavy (non-hydrogen) atoms. The Labute approximate surface area is 189 Å². The minimum absolute atomic E-state index is 0.0273. The van der Waals surface area contributed by atoms with Crippen LogP contribution in [-0.2, 0) is 10.2 Å². The Hall–Kier alpha value is -2.53. The molecule has 2 aromatic rings. The molecule has 0 saturated carbocycles. The van der Waals surface area contributed by atoms with Crippen LogP contribution in [0.1, 0.15) is 56.0 Å². The van der Waals surface area contributed by atoms with Gasteiger partial charge in [-0.15, -0.1) is 0 Å². The molecule has 1 heterocycles. The van der Waals surface area contributed by atoms with Crippen molar-refractivity contribution >= 4 is 23.4 Å². The molecule has 6 heteroatoms. The second-order valence-electron chi connectivity index (χ2n) is 9.54. The highest BCUT2D eigenvalue weighted by Gasteiger charge is 2.39. The van der Waals surface area contributed by atoms with Gasteiger partial charge in [-0.3, -0.25) is 9.59 Å². The van der Waals surface area contributed by atoms with Gasteiger partial charge in [0.1, 0.15) is 5.75 Å². The van der Waals surface area contributed by atoms with E-state index < -0.39 is 5.41 Å². The lowest BCUT2D eigenvalue weighted by Gasteiger charge is -2.42. The number of piperidine rings is 1. The Morgan fingerprint density at radius 2 is 1.74 bits per heavy atom. The number of ether oxygens (including phenoxy) is 1. The standard InChI is InChI=1S/C25H31ClN2O3/c1-24(2,3)19-7-5-18(6-8-19)23(30)28-14-4-13-25(16-28,15-22(27)29)17-31-21-11-9-20(26)10-12-21/h5-12H,4,13-17H2,1-3H3,(H2,27,29). The van der Waals surface area contributed by atoms with Crippen LogP contribution in [0, 0.1) is 5.41 Å². The topological polar surface area (TPSA) is 72.6 Å². The molecule has 3 rings (SSSR count). The molecule has 1 saturated heterocycles. The van der Waals surface area contributed by atoms with Crippen molar-refractivity contribution in [3.63, 3.8) is 0 Å². The van der Waals surface area contributed by atoms with E-state index in [-0.39, 0.29) is 23.7 Å². The number of nitrogens with two attached hydrogens (primary N) is 1. The number of amides is 2. The number of benzene rings is 2. The molecule has 1 fully saturated rings. The van der Waals surface area contributed by atoms with Gasteiger partial charge in [0, 0.05) is 35.5 Å². The Morgan fingerprint density at radius 3 is 2.32 bits per heavy atom. The lowest BCUT2D eigenvalue weighted by molar-refractivity contribution is -0.122. The van der Waals surface area contributed by atoms with E-state index in [2.05, 4.69) is 20.8 Å². The molecule has 0 aromatic heterocycles. The number of nitrogens with zero attached hydrogens (tertiary/aromatic N) is 1. The van der Waals surface area contributed by atoms with Gasteiger partial charge < -0.3 is 15.4 Å². The summed E-state index contributed by atoms with van der Waals surface area (Å²) in [5.74, 6) is 0.262. The monoisotopic (exact) mass is 442 g/mol. The van der Waals surface area contributed by atoms with Crippen molar-refractivity contribution in [2.45, 2.75) is 45.4 Å². The van der Waals surface area contributed by atoms with E-state index in [1.807, 2.05) is 29.2 Å². The van der Waals surface area contributed by atoms with E-state index >= 15 is 0 Å². The van der Waals surface area contributed by atoms with Gasteiger partial charge in [0.15, 0.2) is 0 Å². The molecule has 2 aromatic carbocycles. The van der Waals surface area contributed by atoms with Crippen LogP contribution in [-0.4, -0.2) is 36.4 Å². The molecule has 0 radical (unpaired) electrons. The third-order valence-corrected chi connectivity index (χ3v) is 6.11. The first-order chi connectivity index (χ1) is 14.6. The van der Waals surface area contributed by atoms with Crippen molar-refractivity contribution in [1.29, 1.82) is 0 Å². The molecule has 0 bridgehead atoms. The van der Waals surface area contributed by atoms with E-state index in [0.29, 0.717) is 36.0 Å². The molecular weight excluding hydrogens is 412 g/mol. The van der Waals surface area contributed by atoms with E-state index in [4.69, 9.17) is 22.1 Å². The first-order valence-corrected chi connectivity index (χ1v) is 11.0. The predicted octanol–water partition coefficient (Wildman–Crippen LogP) is 4.81. The van der Waals surface area contributed by atoms with Crippen LogP contribution < -0.4 is 10.5 Å². The summed E-state index contributed by atoms with van der Waals surface area (Å²) in [5.41, 5.74) is 6.93. The van der Waals surface area contributed by atoms with E-state index in [1.165, 1.54) is 5.56 Å². The van der Waals surface area contributed by atoms with Crippen LogP contribution in [0.25, 0.3) is 0 Å². The van der Waals surface area contributed by atoms with E-state index in [0.717, 1.165) is 12.8 Å². The maximum atomic E-state index is 13.2. The Bertz CT molecular complexity index is 919. The fourth-order valence-electron chi connectivity index (χ4n) is 4.13. The number of hydrogen-bond donors (Lipinski definition) is 1. The summed E-state index contributed by atoms with van der Waals surface area (Å²) in [6.45, 7) is 7.84. The number of likely N-dealkylation sites (tertiary alicyclic amines) is 1. The van der Waals surface area contributed by atoms with Gasteiger partial charge in [-0.1, -0.05) is 44.5 Å². The van der Waals surface area contributed by atoms with Crippen LogP contribution in [0.5, 0.6) is 5.75 Å². The zero-order valence-corrected chi connectivity index (χ0v) is 19.2. The number of primary amides is 1. The first kappa shape index (κ1) is 23.1. The van der Waals surface area contributed by atoms with E-state index in [9.17, 15) is 9.59 Å². The minimum atomic E-state index is -0.509. The lowest BCUT2D eigenvalue weighted by atomic mass is 9.77. The minimum Gasteiger partial charge on any atom is -0.493 e. The van der Waals surface area contributed by atoms with Crippen LogP contribution in [0.2, 0.25) is 5.02 Å². The first-order valence-electron chi connectivity index (χ1n) is 10.6. The van der Waals surface area contributed by atoms with Crippen LogP contribution in [0.3, 0.4) is 0 Å². The summed E-state index contributed by atoms with van der Waals surface area (Å²) in [4.78, 5) is 26.9. The summed E-state index contributed by atoms with van der Waals surface area (Å²) < 4.78 is 5.99. The number of carbonyl (C=O) groups excluding carboxylic acids is 2. The van der Waals surface area contributed by atoms with Gasteiger partial charge in [-0.2, -0.15) is 0 Å². The summed E-state index contributed by atoms with van der Waals surface area (Å²) in [5, 5.41) is 0.631. The number of halogens is 1. The molecule has 2 N–H and O–H groups in total. The van der Waals surface area contributed by atoms with Crippen LogP contribution in [0.4, 0.5) is 0 Å². The predicted molar refractivity (Wildman–Crippen MR) is 123 cm³/mol. The lowest BCUT2D eigenvalue weighted by Crippen LogP contribution is -2.50.